The Morgan fingerprint density at radius 2 is 1.05 bits per heavy atom. The van der Waals surface area contributed by atoms with Crippen LogP contribution >= 0.6 is 0 Å². The number of phenolic OH excluding ortho intramolecular Hbond substituents is 4. The number of hydrogen-bond donors (Lipinski definition) is 6. The number of nitrogens with one attached hydrogen (secondary N) is 1. The molecule has 4 aromatic carbocycles. The van der Waals surface area contributed by atoms with Crippen LogP contribution in [0.1, 0.15) is 73.9 Å². The summed E-state index contributed by atoms with van der Waals surface area (Å²) < 4.78 is 53.3. The molecule has 4 rings (SSSR count). The fourth-order valence-electron chi connectivity index (χ4n) is 4.97. The highest BCUT2D eigenvalue weighted by Gasteiger charge is 2.27. The Hall–Kier alpha value is -6.90. The van der Waals surface area contributed by atoms with E-state index >= 15 is 0 Å². The van der Waals surface area contributed by atoms with Gasteiger partial charge in [-0.05, 0) is 94.3 Å². The van der Waals surface area contributed by atoms with Crippen molar-refractivity contribution >= 4 is 40.1 Å². The molecular formula is C45H58N2O17S. The third kappa shape index (κ3) is 23.4. The molecular weight excluding hydrogens is 873 g/mol. The second-order valence-corrected chi connectivity index (χ2v) is 16.5. The lowest BCUT2D eigenvalue weighted by atomic mass is 10.1. The van der Waals surface area contributed by atoms with Crippen molar-refractivity contribution in [3.05, 3.63) is 119 Å². The van der Waals surface area contributed by atoms with E-state index in [2.05, 4.69) is 11.1 Å². The number of ether oxygens (including phenoxy) is 5. The van der Waals surface area contributed by atoms with E-state index in [0.717, 1.165) is 0 Å². The van der Waals surface area contributed by atoms with Crippen molar-refractivity contribution in [3.63, 3.8) is 0 Å². The molecule has 0 aliphatic carbocycles. The van der Waals surface area contributed by atoms with Gasteiger partial charge in [-0.15, -0.1) is 0 Å². The van der Waals surface area contributed by atoms with E-state index in [-0.39, 0.29) is 56.5 Å². The Morgan fingerprint density at radius 3 is 1.43 bits per heavy atom. The van der Waals surface area contributed by atoms with Gasteiger partial charge in [0.1, 0.15) is 37.1 Å². The lowest BCUT2D eigenvalue weighted by Gasteiger charge is -2.23. The van der Waals surface area contributed by atoms with Crippen molar-refractivity contribution in [3.8, 4) is 23.0 Å². The van der Waals surface area contributed by atoms with Gasteiger partial charge in [0.05, 0.1) is 21.2 Å². The summed E-state index contributed by atoms with van der Waals surface area (Å²) in [6, 6.07) is 23.4. The van der Waals surface area contributed by atoms with Crippen molar-refractivity contribution in [1.82, 2.24) is 5.32 Å². The largest absolute Gasteiger partial charge is 0.748 e. The van der Waals surface area contributed by atoms with Crippen LogP contribution in [0.5, 0.6) is 23.0 Å². The lowest BCUT2D eigenvalue weighted by molar-refractivity contribution is -0.408. The number of benzene rings is 4. The SMILES string of the molecule is C.CS(=O)(=O)[O-].C[C@H](COC(=O)[C@@H]([NH3+])Cc1ccc(O)c(O)c1)OC(=O)c1ccccc1.C[C@H](COC(=O)[C@H](Cc1ccc(O)c(O)c1)NC(=O)OC(C)(C)C)OC(=O)c1ccccc1. The van der Waals surface area contributed by atoms with E-state index in [1.807, 2.05) is 0 Å². The standard InChI is InChI=1S/C24H29NO8.C19H21NO6.CH4O3S.CH4/c1-15(32-21(28)17-8-6-5-7-9-17)14-31-22(29)18(25-23(30)33-24(2,3)4)12-16-10-11-19(26)20(27)13-16;1-12(26-18(23)14-5-3-2-4-6-14)11-25-19(24)15(20)9-13-7-8-16(21)17(22)10-13;1-5(2,3)4;/h5-11,13,15,18,26-27H,12,14H2,1-4H3,(H,25,30);2-8,10,12,15,21-22H,9,11,20H2,1H3;1H3,(H,2,3,4);1H4/t15-,18+;12-,15+;;/m11../s1. The van der Waals surface area contributed by atoms with Crippen LogP contribution in [0.3, 0.4) is 0 Å². The number of carbonyl (C=O) groups excluding carboxylic acids is 5. The number of esters is 4. The summed E-state index contributed by atoms with van der Waals surface area (Å²) in [6.07, 6.45) is -1.35. The predicted molar refractivity (Wildman–Crippen MR) is 234 cm³/mol. The van der Waals surface area contributed by atoms with E-state index in [9.17, 15) is 44.4 Å². The fraction of sp³-hybridized carbons (Fsp3) is 0.356. The molecule has 0 heterocycles. The van der Waals surface area contributed by atoms with Gasteiger partial charge in [-0.3, -0.25) is 0 Å². The Balaban J connectivity index is 0.000000592. The highest BCUT2D eigenvalue weighted by Crippen LogP contribution is 2.26. The first kappa shape index (κ1) is 56.1. The lowest BCUT2D eigenvalue weighted by Crippen LogP contribution is -2.66. The van der Waals surface area contributed by atoms with Gasteiger partial charge in [-0.1, -0.05) is 56.0 Å². The molecule has 0 unspecified atom stereocenters. The number of hydrogen-bond acceptors (Lipinski definition) is 17. The minimum Gasteiger partial charge on any atom is -0.748 e. The zero-order valence-electron chi connectivity index (χ0n) is 36.1. The zero-order valence-corrected chi connectivity index (χ0v) is 36.9. The number of amides is 1. The molecule has 20 heteroatoms. The molecule has 1 amide bonds. The van der Waals surface area contributed by atoms with Crippen LogP contribution in [-0.2, 0) is 56.2 Å². The third-order valence-electron chi connectivity index (χ3n) is 7.87. The average molecular weight is 931 g/mol. The molecule has 0 radical (unpaired) electrons. The van der Waals surface area contributed by atoms with Crippen LogP contribution in [0.2, 0.25) is 0 Å². The molecule has 0 spiro atoms. The topological polar surface area (TPSA) is 309 Å². The molecule has 8 N–H and O–H groups in total. The van der Waals surface area contributed by atoms with Crippen LogP contribution in [0.25, 0.3) is 0 Å². The Morgan fingerprint density at radius 1 is 0.662 bits per heavy atom. The molecule has 4 aromatic rings. The van der Waals surface area contributed by atoms with Crippen LogP contribution in [0.4, 0.5) is 4.79 Å². The smallest absolute Gasteiger partial charge is 0.408 e. The number of carbonyl (C=O) groups is 5. The van der Waals surface area contributed by atoms with Crippen molar-refractivity contribution in [2.45, 2.75) is 84.8 Å². The zero-order chi connectivity index (χ0) is 48.2. The molecule has 0 saturated carbocycles. The van der Waals surface area contributed by atoms with Gasteiger partial charge >= 0.3 is 30.0 Å². The first-order valence-corrected chi connectivity index (χ1v) is 21.2. The molecule has 65 heavy (non-hydrogen) atoms. The maximum absolute atomic E-state index is 12.7. The summed E-state index contributed by atoms with van der Waals surface area (Å²) in [4.78, 5) is 61.0. The minimum atomic E-state index is -3.92. The van der Waals surface area contributed by atoms with Crippen LogP contribution < -0.4 is 11.1 Å². The summed E-state index contributed by atoms with van der Waals surface area (Å²) in [5, 5.41) is 40.4. The Labute approximate surface area is 377 Å². The molecule has 0 aliphatic heterocycles. The second-order valence-electron chi connectivity index (χ2n) is 15.1. The van der Waals surface area contributed by atoms with Crippen LogP contribution in [0.15, 0.2) is 97.1 Å². The van der Waals surface area contributed by atoms with Crippen LogP contribution in [-0.4, -0.2) is 113 Å². The number of quaternary nitrogens is 1. The third-order valence-corrected chi connectivity index (χ3v) is 7.87. The van der Waals surface area contributed by atoms with Crippen molar-refractivity contribution in [2.24, 2.45) is 0 Å². The molecule has 356 valence electrons. The summed E-state index contributed by atoms with van der Waals surface area (Å²) in [5.41, 5.74) is 4.86. The van der Waals surface area contributed by atoms with E-state index in [0.29, 0.717) is 28.5 Å². The maximum Gasteiger partial charge on any atom is 0.408 e. The van der Waals surface area contributed by atoms with Gasteiger partial charge in [0.25, 0.3) is 0 Å². The molecule has 0 saturated heterocycles. The molecule has 4 atom stereocenters. The maximum atomic E-state index is 12.7. The second kappa shape index (κ2) is 26.7. The molecule has 19 nitrogen and oxygen atoms in total. The van der Waals surface area contributed by atoms with Gasteiger partial charge in [0.2, 0.25) is 0 Å². The van der Waals surface area contributed by atoms with Gasteiger partial charge in [-0.2, -0.15) is 0 Å². The summed E-state index contributed by atoms with van der Waals surface area (Å²) in [7, 11) is -3.92. The molecule has 0 fully saturated rings. The van der Waals surface area contributed by atoms with E-state index < -0.39 is 70.0 Å². The molecule has 0 aliphatic rings. The Kier molecular flexibility index (Phi) is 23.0. The van der Waals surface area contributed by atoms with Crippen molar-refractivity contribution in [1.29, 1.82) is 0 Å². The number of aromatic hydroxyl groups is 4. The number of phenols is 4. The highest BCUT2D eigenvalue weighted by atomic mass is 32.2. The first-order valence-electron chi connectivity index (χ1n) is 19.4. The highest BCUT2D eigenvalue weighted by molar-refractivity contribution is 7.84. The van der Waals surface area contributed by atoms with Gasteiger partial charge in [-0.25, -0.2) is 32.4 Å². The quantitative estimate of drug-likeness (QED) is 0.0422. The Bertz CT molecular complexity index is 2260. The van der Waals surface area contributed by atoms with Crippen molar-refractivity contribution in [2.75, 3.05) is 19.5 Å². The summed E-state index contributed by atoms with van der Waals surface area (Å²) in [6.45, 7) is 7.93. The summed E-state index contributed by atoms with van der Waals surface area (Å²) >= 11 is 0. The van der Waals surface area contributed by atoms with E-state index in [4.69, 9.17) is 36.7 Å². The predicted octanol–water partition coefficient (Wildman–Crippen LogP) is 4.16. The number of rotatable bonds is 15. The molecule has 0 bridgehead atoms. The van der Waals surface area contributed by atoms with E-state index in [1.54, 1.807) is 101 Å². The van der Waals surface area contributed by atoms with E-state index in [1.165, 1.54) is 30.3 Å². The fourth-order valence-corrected chi connectivity index (χ4v) is 4.97. The van der Waals surface area contributed by atoms with Crippen LogP contribution in [0, 0.1) is 0 Å². The molecule has 0 aromatic heterocycles. The first-order chi connectivity index (χ1) is 29.8. The van der Waals surface area contributed by atoms with Gasteiger partial charge < -0.3 is 59.7 Å². The van der Waals surface area contributed by atoms with Gasteiger partial charge in [0, 0.05) is 19.1 Å². The minimum absolute atomic E-state index is 0. The van der Waals surface area contributed by atoms with Gasteiger partial charge in [0.15, 0.2) is 29.0 Å². The average Bonchev–Trinajstić information content (AvgIpc) is 3.21. The normalized spacial score (nSPS) is 12.6. The monoisotopic (exact) mass is 930 g/mol. The summed E-state index contributed by atoms with van der Waals surface area (Å²) in [5.74, 6) is -3.53. The van der Waals surface area contributed by atoms with Crippen molar-refractivity contribution < 1.29 is 86.8 Å². The number of alkyl carbamates (subject to hydrolysis) is 1.